The Bertz CT molecular complexity index is 1100. The van der Waals surface area contributed by atoms with Gasteiger partial charge in [-0.05, 0) is 43.4 Å². The lowest BCUT2D eigenvalue weighted by Crippen LogP contribution is -2.24. The maximum absolute atomic E-state index is 13.1. The van der Waals surface area contributed by atoms with Gasteiger partial charge in [0, 0.05) is 5.69 Å². The molecular weight excluding hydrogens is 448 g/mol. The summed E-state index contributed by atoms with van der Waals surface area (Å²) >= 11 is 1.32. The molecule has 0 radical (unpaired) electrons. The Kier molecular flexibility index (Phi) is 9.27. The highest BCUT2D eigenvalue weighted by Gasteiger charge is 2.23. The van der Waals surface area contributed by atoms with Gasteiger partial charge in [-0.15, -0.1) is 10.2 Å². The molecule has 1 aromatic heterocycles. The molecule has 2 aromatic carbocycles. The Hall–Kier alpha value is -3.13. The number of carbonyl (C=O) groups is 2. The van der Waals surface area contributed by atoms with Gasteiger partial charge >= 0.3 is 5.97 Å². The van der Waals surface area contributed by atoms with E-state index in [-0.39, 0.29) is 18.3 Å². The molecular formula is C26H32N4O3S. The minimum absolute atomic E-state index is 0.0249. The first-order chi connectivity index (χ1) is 16.4. The molecule has 1 heterocycles. The van der Waals surface area contributed by atoms with Gasteiger partial charge < -0.3 is 14.6 Å². The third-order valence-electron chi connectivity index (χ3n) is 5.60. The summed E-state index contributed by atoms with van der Waals surface area (Å²) in [5.74, 6) is 0.397. The van der Waals surface area contributed by atoms with Gasteiger partial charge in [-0.1, -0.05) is 74.1 Å². The van der Waals surface area contributed by atoms with Crippen molar-refractivity contribution in [3.8, 4) is 0 Å². The molecule has 0 fully saturated rings. The van der Waals surface area contributed by atoms with Gasteiger partial charge in [-0.3, -0.25) is 9.59 Å². The van der Waals surface area contributed by atoms with Gasteiger partial charge in [-0.25, -0.2) is 0 Å². The molecule has 0 spiro atoms. The van der Waals surface area contributed by atoms with E-state index in [1.54, 1.807) is 6.92 Å². The summed E-state index contributed by atoms with van der Waals surface area (Å²) in [7, 11) is 0. The summed E-state index contributed by atoms with van der Waals surface area (Å²) in [6, 6.07) is 17.8. The smallest absolute Gasteiger partial charge is 0.313 e. The maximum atomic E-state index is 13.1. The van der Waals surface area contributed by atoms with Crippen LogP contribution in [0.5, 0.6) is 0 Å². The molecule has 8 heteroatoms. The van der Waals surface area contributed by atoms with Crippen LogP contribution in [0.25, 0.3) is 0 Å². The summed E-state index contributed by atoms with van der Waals surface area (Å²) in [5, 5.41) is 11.8. The number of ether oxygens (including phenoxy) is 1. The number of anilines is 1. The van der Waals surface area contributed by atoms with Crippen molar-refractivity contribution in [1.82, 2.24) is 14.8 Å². The molecule has 0 bridgehead atoms. The van der Waals surface area contributed by atoms with Crippen molar-refractivity contribution in [2.75, 3.05) is 11.9 Å². The van der Waals surface area contributed by atoms with Crippen molar-refractivity contribution < 1.29 is 14.3 Å². The predicted molar refractivity (Wildman–Crippen MR) is 135 cm³/mol. The minimum Gasteiger partial charge on any atom is -0.466 e. The number of rotatable bonds is 11. The fourth-order valence-electron chi connectivity index (χ4n) is 3.51. The zero-order chi connectivity index (χ0) is 24.5. The number of amides is 1. The second kappa shape index (κ2) is 12.4. The average Bonchev–Trinajstić information content (AvgIpc) is 3.20. The van der Waals surface area contributed by atoms with Crippen molar-refractivity contribution in [2.45, 2.75) is 63.4 Å². The van der Waals surface area contributed by atoms with Gasteiger partial charge in [0.05, 0.1) is 18.4 Å². The molecule has 7 nitrogen and oxygen atoms in total. The fraction of sp³-hybridized carbons (Fsp3) is 0.385. The SMILES string of the molecule is CCOC(=O)Cc1nnc(SC(C)C(=O)Nc2ccccc2C(C)CC)n1Cc1ccccc1. The van der Waals surface area contributed by atoms with Gasteiger partial charge in [0.15, 0.2) is 5.16 Å². The zero-order valence-electron chi connectivity index (χ0n) is 20.2. The highest BCUT2D eigenvalue weighted by molar-refractivity contribution is 8.00. The maximum Gasteiger partial charge on any atom is 0.313 e. The first kappa shape index (κ1) is 25.5. The number of nitrogens with zero attached hydrogens (tertiary/aromatic N) is 3. The average molecular weight is 481 g/mol. The Morgan fingerprint density at radius 2 is 1.74 bits per heavy atom. The van der Waals surface area contributed by atoms with Crippen LogP contribution in [0.3, 0.4) is 0 Å². The lowest BCUT2D eigenvalue weighted by Gasteiger charge is -2.18. The third-order valence-corrected chi connectivity index (χ3v) is 6.68. The number of carbonyl (C=O) groups excluding carboxylic acids is 2. The van der Waals surface area contributed by atoms with E-state index in [1.165, 1.54) is 11.8 Å². The number of hydrogen-bond acceptors (Lipinski definition) is 6. The number of thioether (sulfide) groups is 1. The molecule has 0 saturated carbocycles. The molecule has 1 amide bonds. The van der Waals surface area contributed by atoms with E-state index in [4.69, 9.17) is 4.74 Å². The molecule has 2 unspecified atom stereocenters. The monoisotopic (exact) mass is 480 g/mol. The van der Waals surface area contributed by atoms with E-state index >= 15 is 0 Å². The summed E-state index contributed by atoms with van der Waals surface area (Å²) in [4.78, 5) is 25.2. The highest BCUT2D eigenvalue weighted by Crippen LogP contribution is 2.29. The Balaban J connectivity index is 1.79. The van der Waals surface area contributed by atoms with Crippen molar-refractivity contribution in [1.29, 1.82) is 0 Å². The molecule has 0 aliphatic rings. The van der Waals surface area contributed by atoms with E-state index in [2.05, 4.69) is 35.4 Å². The van der Waals surface area contributed by atoms with Crippen LogP contribution in [0, 0.1) is 0 Å². The number of aromatic nitrogens is 3. The summed E-state index contributed by atoms with van der Waals surface area (Å²) in [6.45, 7) is 8.71. The number of para-hydroxylation sites is 1. The van der Waals surface area contributed by atoms with Crippen molar-refractivity contribution in [3.63, 3.8) is 0 Å². The fourth-order valence-corrected chi connectivity index (χ4v) is 4.38. The van der Waals surface area contributed by atoms with Crippen LogP contribution >= 0.6 is 11.8 Å². The minimum atomic E-state index is -0.417. The molecule has 34 heavy (non-hydrogen) atoms. The van der Waals surface area contributed by atoms with E-state index in [9.17, 15) is 9.59 Å². The topological polar surface area (TPSA) is 86.1 Å². The van der Waals surface area contributed by atoms with E-state index in [0.29, 0.717) is 30.1 Å². The molecule has 0 aliphatic heterocycles. The quantitative estimate of drug-likeness (QED) is 0.305. The normalized spacial score (nSPS) is 12.7. The van der Waals surface area contributed by atoms with Gasteiger partial charge in [0.1, 0.15) is 12.2 Å². The molecule has 1 N–H and O–H groups in total. The Morgan fingerprint density at radius 3 is 2.44 bits per heavy atom. The summed E-state index contributed by atoms with van der Waals surface area (Å²) < 4.78 is 6.98. The molecule has 2 atom stereocenters. The van der Waals surface area contributed by atoms with Crippen LogP contribution < -0.4 is 5.32 Å². The first-order valence-corrected chi connectivity index (χ1v) is 12.5. The molecule has 180 valence electrons. The molecule has 3 rings (SSSR count). The lowest BCUT2D eigenvalue weighted by molar-refractivity contribution is -0.142. The number of nitrogens with one attached hydrogen (secondary N) is 1. The predicted octanol–water partition coefficient (Wildman–Crippen LogP) is 5.06. The number of esters is 1. The van der Waals surface area contributed by atoms with Crippen molar-refractivity contribution >= 4 is 29.3 Å². The van der Waals surface area contributed by atoms with Crippen LogP contribution in [0.4, 0.5) is 5.69 Å². The first-order valence-electron chi connectivity index (χ1n) is 11.6. The molecule has 3 aromatic rings. The second-order valence-corrected chi connectivity index (χ2v) is 9.41. The van der Waals surface area contributed by atoms with E-state index < -0.39 is 5.25 Å². The number of hydrogen-bond donors (Lipinski definition) is 1. The van der Waals surface area contributed by atoms with Gasteiger partial charge in [0.25, 0.3) is 0 Å². The van der Waals surface area contributed by atoms with Crippen LogP contribution in [0.15, 0.2) is 59.8 Å². The Morgan fingerprint density at radius 1 is 1.03 bits per heavy atom. The van der Waals surface area contributed by atoms with Gasteiger partial charge in [-0.2, -0.15) is 0 Å². The van der Waals surface area contributed by atoms with Crippen molar-refractivity contribution in [2.24, 2.45) is 0 Å². The second-order valence-electron chi connectivity index (χ2n) is 8.10. The van der Waals surface area contributed by atoms with E-state index in [1.807, 2.05) is 60.0 Å². The van der Waals surface area contributed by atoms with E-state index in [0.717, 1.165) is 23.2 Å². The Labute approximate surface area is 205 Å². The molecule has 0 saturated heterocycles. The van der Waals surface area contributed by atoms with Crippen LogP contribution in [0.2, 0.25) is 0 Å². The number of benzene rings is 2. The van der Waals surface area contributed by atoms with Crippen LogP contribution in [-0.2, 0) is 27.3 Å². The largest absolute Gasteiger partial charge is 0.466 e. The lowest BCUT2D eigenvalue weighted by atomic mass is 9.97. The van der Waals surface area contributed by atoms with Crippen molar-refractivity contribution in [3.05, 3.63) is 71.5 Å². The highest BCUT2D eigenvalue weighted by atomic mass is 32.2. The van der Waals surface area contributed by atoms with Crippen LogP contribution in [0.1, 0.15) is 57.0 Å². The summed E-state index contributed by atoms with van der Waals surface area (Å²) in [5.41, 5.74) is 3.01. The molecule has 0 aliphatic carbocycles. The van der Waals surface area contributed by atoms with Gasteiger partial charge in [0.2, 0.25) is 5.91 Å². The van der Waals surface area contributed by atoms with Crippen LogP contribution in [-0.4, -0.2) is 38.5 Å². The standard InChI is InChI=1S/C26H32N4O3S/c1-5-18(3)21-14-10-11-15-22(21)27-25(32)19(4)34-26-29-28-23(16-24(31)33-6-2)30(26)17-20-12-8-7-9-13-20/h7-15,18-19H,5-6,16-17H2,1-4H3,(H,27,32). The third kappa shape index (κ3) is 6.70. The summed E-state index contributed by atoms with van der Waals surface area (Å²) in [6.07, 6.45) is 1.01. The zero-order valence-corrected chi connectivity index (χ0v) is 21.0.